The van der Waals surface area contributed by atoms with Crippen molar-refractivity contribution in [3.05, 3.63) is 46.1 Å². The fourth-order valence-electron chi connectivity index (χ4n) is 3.86. The van der Waals surface area contributed by atoms with E-state index in [9.17, 15) is 0 Å². The van der Waals surface area contributed by atoms with Crippen LogP contribution in [-0.4, -0.2) is 35.9 Å². The van der Waals surface area contributed by atoms with Gasteiger partial charge in [-0.3, -0.25) is 0 Å². The summed E-state index contributed by atoms with van der Waals surface area (Å²) in [5, 5.41) is 20.6. The van der Waals surface area contributed by atoms with E-state index in [2.05, 4.69) is 19.7 Å². The topological polar surface area (TPSA) is 125 Å². The van der Waals surface area contributed by atoms with E-state index in [1.54, 1.807) is 38.5 Å². The highest BCUT2D eigenvalue weighted by Crippen LogP contribution is 2.49. The fraction of sp³-hybridized carbons (Fsp3) is 0.154. The van der Waals surface area contributed by atoms with Crippen molar-refractivity contribution in [1.29, 1.82) is 10.5 Å². The number of methoxy groups -OCH3 is 2. The first-order valence-electron chi connectivity index (χ1n) is 11.1. The van der Waals surface area contributed by atoms with Crippen molar-refractivity contribution in [1.82, 2.24) is 9.97 Å². The van der Waals surface area contributed by atoms with Gasteiger partial charge in [0, 0.05) is 12.1 Å². The van der Waals surface area contributed by atoms with Crippen molar-refractivity contribution in [2.24, 2.45) is 9.98 Å². The average Bonchev–Trinajstić information content (AvgIpc) is 3.76. The van der Waals surface area contributed by atoms with E-state index >= 15 is 0 Å². The number of aliphatic imine (C=N–C) groups is 2. The SMILES string of the molecule is [C-]#[N+]C(C#N)=Nc1cc(OC)c(-c2nc3c(C)c4sc(-c5sc(N=C(C#N)[N+]#[C-])cc5OC)nc4c(C)c3s2)s1. The van der Waals surface area contributed by atoms with Crippen LogP contribution in [-0.2, 0) is 0 Å². The number of nitrogens with zero attached hydrogens (tertiary/aromatic N) is 8. The van der Waals surface area contributed by atoms with E-state index in [0.29, 0.717) is 21.5 Å². The Kier molecular flexibility index (Phi) is 7.27. The van der Waals surface area contributed by atoms with Crippen molar-refractivity contribution in [3.63, 3.8) is 0 Å². The third-order valence-corrected chi connectivity index (χ3v) is 10.4. The van der Waals surface area contributed by atoms with E-state index in [4.69, 9.17) is 43.1 Å². The Balaban J connectivity index is 1.63. The predicted molar refractivity (Wildman–Crippen MR) is 161 cm³/mol. The smallest absolute Gasteiger partial charge is 0.350 e. The second kappa shape index (κ2) is 10.8. The zero-order valence-corrected chi connectivity index (χ0v) is 24.4. The van der Waals surface area contributed by atoms with Gasteiger partial charge in [-0.25, -0.2) is 20.5 Å². The van der Waals surface area contributed by atoms with Gasteiger partial charge in [0.25, 0.3) is 0 Å². The van der Waals surface area contributed by atoms with Crippen LogP contribution in [0.1, 0.15) is 11.1 Å². The van der Waals surface area contributed by atoms with Gasteiger partial charge < -0.3 is 19.2 Å². The third kappa shape index (κ3) is 4.56. The van der Waals surface area contributed by atoms with Crippen LogP contribution in [0.2, 0.25) is 0 Å². The molecule has 1 aromatic carbocycles. The minimum absolute atomic E-state index is 0.244. The molecule has 0 aliphatic rings. The summed E-state index contributed by atoms with van der Waals surface area (Å²) >= 11 is 5.66. The molecule has 0 bridgehead atoms. The molecule has 194 valence electrons. The quantitative estimate of drug-likeness (QED) is 0.111. The molecule has 0 saturated heterocycles. The lowest BCUT2D eigenvalue weighted by atomic mass is 10.1. The highest BCUT2D eigenvalue weighted by molar-refractivity contribution is 7.28. The van der Waals surface area contributed by atoms with E-state index in [-0.39, 0.29) is 11.7 Å². The summed E-state index contributed by atoms with van der Waals surface area (Å²) in [5.41, 5.74) is 3.70. The predicted octanol–water partition coefficient (Wildman–Crippen LogP) is 7.94. The monoisotopic (exact) mass is 598 g/mol. The molecule has 0 N–H and O–H groups in total. The van der Waals surface area contributed by atoms with Crippen LogP contribution in [0.15, 0.2) is 22.1 Å². The number of thiophene rings is 2. The molecule has 5 aromatic rings. The lowest BCUT2D eigenvalue weighted by Crippen LogP contribution is -1.84. The number of hydrogen-bond acceptors (Lipinski definition) is 12. The molecule has 0 fully saturated rings. The molecule has 40 heavy (non-hydrogen) atoms. The van der Waals surface area contributed by atoms with Crippen LogP contribution in [0.3, 0.4) is 0 Å². The fourth-order valence-corrected chi connectivity index (χ4v) is 8.26. The van der Waals surface area contributed by atoms with Crippen molar-refractivity contribution >= 4 is 87.5 Å². The van der Waals surface area contributed by atoms with Crippen molar-refractivity contribution in [3.8, 4) is 43.4 Å². The Hall–Kier alpha value is -4.70. The highest BCUT2D eigenvalue weighted by Gasteiger charge is 2.24. The van der Waals surface area contributed by atoms with Crippen LogP contribution < -0.4 is 9.47 Å². The van der Waals surface area contributed by atoms with E-state index in [1.807, 2.05) is 13.8 Å². The molecule has 4 heterocycles. The molecule has 0 atom stereocenters. The zero-order chi connectivity index (χ0) is 28.6. The molecule has 10 nitrogen and oxygen atoms in total. The Morgan fingerprint density at radius 1 is 0.775 bits per heavy atom. The third-order valence-electron chi connectivity index (χ3n) is 5.69. The number of ether oxygens (including phenoxy) is 2. The number of aryl methyl sites for hydroxylation is 2. The molecule has 0 saturated carbocycles. The molecule has 0 radical (unpaired) electrons. The molecule has 0 amide bonds. The Morgan fingerprint density at radius 3 is 1.50 bits per heavy atom. The summed E-state index contributed by atoms with van der Waals surface area (Å²) in [6.45, 7) is 18.2. The minimum atomic E-state index is -0.244. The molecule has 0 spiro atoms. The van der Waals surface area contributed by atoms with Gasteiger partial charge >= 0.3 is 11.7 Å². The molecule has 0 aliphatic heterocycles. The van der Waals surface area contributed by atoms with Crippen LogP contribution in [0.25, 0.3) is 49.9 Å². The number of hydrogen-bond donors (Lipinski definition) is 0. The number of nitriles is 2. The zero-order valence-electron chi connectivity index (χ0n) is 21.2. The standard InChI is InChI=1S/C26H14N8O2S4/c1-11-19-22(40-25(33-19)23-13(35-5)7-17(37-23)31-15(9-27)29-3)12(2)20-21(11)39-26(34-20)24-14(36-6)8-18(38-24)32-16(10-28)30-4/h7-8H,1-2,5-6H3. The normalized spacial score (nSPS) is 11.7. The number of amidine groups is 2. The van der Waals surface area contributed by atoms with E-state index in [1.165, 1.54) is 45.3 Å². The number of benzene rings is 1. The summed E-state index contributed by atoms with van der Waals surface area (Å²) in [6, 6.07) is 6.96. The van der Waals surface area contributed by atoms with Gasteiger partial charge in [-0.15, -0.1) is 22.7 Å². The van der Waals surface area contributed by atoms with Gasteiger partial charge in [0.1, 0.15) is 43.4 Å². The maximum Gasteiger partial charge on any atom is 0.350 e. The van der Waals surface area contributed by atoms with Gasteiger partial charge in [-0.2, -0.15) is 0 Å². The molecule has 0 unspecified atom stereocenters. The van der Waals surface area contributed by atoms with Gasteiger partial charge in [-0.05, 0) is 25.0 Å². The van der Waals surface area contributed by atoms with Gasteiger partial charge in [0.15, 0.2) is 0 Å². The van der Waals surface area contributed by atoms with Gasteiger partial charge in [-0.1, -0.05) is 45.8 Å². The number of thiazole rings is 2. The van der Waals surface area contributed by atoms with Crippen molar-refractivity contribution in [2.45, 2.75) is 13.8 Å². The lowest BCUT2D eigenvalue weighted by molar-refractivity contribution is 0.418. The molecule has 14 heteroatoms. The van der Waals surface area contributed by atoms with Gasteiger partial charge in [0.05, 0.1) is 34.7 Å². The second-order valence-corrected chi connectivity index (χ2v) is 12.0. The van der Waals surface area contributed by atoms with Crippen molar-refractivity contribution in [2.75, 3.05) is 14.2 Å². The van der Waals surface area contributed by atoms with Gasteiger partial charge in [0.2, 0.25) is 10.0 Å². The van der Waals surface area contributed by atoms with Crippen LogP contribution in [0.4, 0.5) is 10.0 Å². The summed E-state index contributed by atoms with van der Waals surface area (Å²) in [5.74, 6) is 0.658. The first kappa shape index (κ1) is 26.9. The molecular formula is C26H14N8O2S4. The molecule has 4 aromatic heterocycles. The number of fused-ring (bicyclic) bond motifs is 2. The summed E-state index contributed by atoms with van der Waals surface area (Å²) in [4.78, 5) is 26.0. The Morgan fingerprint density at radius 2 is 1.18 bits per heavy atom. The lowest BCUT2D eigenvalue weighted by Gasteiger charge is -2.00. The Bertz CT molecular complexity index is 1830. The maximum absolute atomic E-state index is 9.07. The highest BCUT2D eigenvalue weighted by atomic mass is 32.1. The minimum Gasteiger partial charge on any atom is -0.495 e. The number of rotatable bonds is 6. The first-order chi connectivity index (χ1) is 19.3. The second-order valence-electron chi connectivity index (χ2n) is 7.93. The first-order valence-corrected chi connectivity index (χ1v) is 14.4. The molecular weight excluding hydrogens is 585 g/mol. The van der Waals surface area contributed by atoms with Crippen molar-refractivity contribution < 1.29 is 9.47 Å². The summed E-state index contributed by atoms with van der Waals surface area (Å²) < 4.78 is 13.1. The van der Waals surface area contributed by atoms with E-state index < -0.39 is 0 Å². The van der Waals surface area contributed by atoms with Crippen LogP contribution in [0.5, 0.6) is 11.5 Å². The molecule has 5 rings (SSSR count). The maximum atomic E-state index is 9.07. The van der Waals surface area contributed by atoms with E-state index in [0.717, 1.165) is 51.3 Å². The summed E-state index contributed by atoms with van der Waals surface area (Å²) in [7, 11) is 3.12. The Labute approximate surface area is 244 Å². The average molecular weight is 599 g/mol. The molecule has 0 aliphatic carbocycles. The largest absolute Gasteiger partial charge is 0.495 e. The van der Waals surface area contributed by atoms with Crippen LogP contribution >= 0.6 is 45.3 Å². The number of aromatic nitrogens is 2. The summed E-state index contributed by atoms with van der Waals surface area (Å²) in [6.07, 6.45) is 0. The van der Waals surface area contributed by atoms with Crippen LogP contribution in [0, 0.1) is 49.7 Å².